The SMILES string of the molecule is CCN(Cc1ccccc1)S(=O)(=O)c1ccc(C(=O)N=c2sc3cc(F)ccc3n2CCOC)cc1. The highest BCUT2D eigenvalue weighted by molar-refractivity contribution is 7.89. The van der Waals surface area contributed by atoms with Crippen molar-refractivity contribution in [1.29, 1.82) is 0 Å². The number of halogens is 1. The molecule has 0 aliphatic carbocycles. The van der Waals surface area contributed by atoms with Crippen molar-refractivity contribution in [1.82, 2.24) is 8.87 Å². The van der Waals surface area contributed by atoms with E-state index in [0.29, 0.717) is 29.2 Å². The quantitative estimate of drug-likeness (QED) is 0.322. The highest BCUT2D eigenvalue weighted by Crippen LogP contribution is 2.21. The lowest BCUT2D eigenvalue weighted by molar-refractivity contribution is 0.0997. The summed E-state index contributed by atoms with van der Waals surface area (Å²) < 4.78 is 49.1. The second-order valence-corrected chi connectivity index (χ2v) is 10.9. The molecule has 4 aromatic rings. The van der Waals surface area contributed by atoms with Crippen LogP contribution in [0.4, 0.5) is 4.39 Å². The lowest BCUT2D eigenvalue weighted by atomic mass is 10.2. The van der Waals surface area contributed by atoms with Crippen LogP contribution in [0, 0.1) is 5.82 Å². The van der Waals surface area contributed by atoms with E-state index in [1.807, 2.05) is 34.9 Å². The summed E-state index contributed by atoms with van der Waals surface area (Å²) in [5.74, 6) is -0.889. The molecule has 0 N–H and O–H groups in total. The fraction of sp³-hybridized carbons (Fsp3) is 0.231. The summed E-state index contributed by atoms with van der Waals surface area (Å²) in [4.78, 5) is 17.7. The number of hydrogen-bond donors (Lipinski definition) is 0. The van der Waals surface area contributed by atoms with Gasteiger partial charge in [0.1, 0.15) is 5.82 Å². The molecule has 0 atom stereocenters. The second kappa shape index (κ2) is 11.3. The fourth-order valence-electron chi connectivity index (χ4n) is 3.75. The van der Waals surface area contributed by atoms with Crippen LogP contribution in [0.15, 0.2) is 82.7 Å². The first kappa shape index (κ1) is 25.9. The zero-order chi connectivity index (χ0) is 25.7. The number of amides is 1. The predicted octanol–water partition coefficient (Wildman–Crippen LogP) is 4.44. The molecular weight excluding hydrogens is 501 g/mol. The molecule has 0 aliphatic rings. The second-order valence-electron chi connectivity index (χ2n) is 8.00. The normalized spacial score (nSPS) is 12.5. The van der Waals surface area contributed by atoms with Gasteiger partial charge in [-0.1, -0.05) is 48.6 Å². The third kappa shape index (κ3) is 5.62. The molecule has 0 radical (unpaired) electrons. The van der Waals surface area contributed by atoms with Crippen molar-refractivity contribution in [3.63, 3.8) is 0 Å². The van der Waals surface area contributed by atoms with Crippen molar-refractivity contribution in [3.8, 4) is 0 Å². The topological polar surface area (TPSA) is 81.0 Å². The molecule has 0 bridgehead atoms. The van der Waals surface area contributed by atoms with Crippen molar-refractivity contribution in [2.75, 3.05) is 20.3 Å². The predicted molar refractivity (Wildman–Crippen MR) is 138 cm³/mol. The number of nitrogens with zero attached hydrogens (tertiary/aromatic N) is 3. The van der Waals surface area contributed by atoms with Crippen LogP contribution in [0.1, 0.15) is 22.8 Å². The molecule has 0 saturated heterocycles. The van der Waals surface area contributed by atoms with Gasteiger partial charge in [0.25, 0.3) is 5.91 Å². The molecule has 3 aromatic carbocycles. The van der Waals surface area contributed by atoms with E-state index in [1.165, 1.54) is 52.0 Å². The molecule has 188 valence electrons. The molecule has 1 heterocycles. The molecule has 0 aliphatic heterocycles. The van der Waals surface area contributed by atoms with Gasteiger partial charge in [-0.3, -0.25) is 4.79 Å². The largest absolute Gasteiger partial charge is 0.383 e. The Morgan fingerprint density at radius 2 is 1.81 bits per heavy atom. The number of benzene rings is 3. The van der Waals surface area contributed by atoms with Gasteiger partial charge in [-0.05, 0) is 48.0 Å². The summed E-state index contributed by atoms with van der Waals surface area (Å²) in [6, 6.07) is 19.5. The minimum Gasteiger partial charge on any atom is -0.383 e. The van der Waals surface area contributed by atoms with Gasteiger partial charge in [0.15, 0.2) is 4.80 Å². The van der Waals surface area contributed by atoms with Crippen molar-refractivity contribution in [2.24, 2.45) is 4.99 Å². The van der Waals surface area contributed by atoms with E-state index in [0.717, 1.165) is 11.1 Å². The number of rotatable bonds is 9. The summed E-state index contributed by atoms with van der Waals surface area (Å²) in [6.45, 7) is 3.19. The fourth-order valence-corrected chi connectivity index (χ4v) is 6.27. The van der Waals surface area contributed by atoms with Gasteiger partial charge in [-0.2, -0.15) is 9.30 Å². The van der Waals surface area contributed by atoms with E-state index in [9.17, 15) is 17.6 Å². The summed E-state index contributed by atoms with van der Waals surface area (Å²) in [7, 11) is -2.17. The van der Waals surface area contributed by atoms with Gasteiger partial charge in [0, 0.05) is 32.3 Å². The zero-order valence-electron chi connectivity index (χ0n) is 19.9. The minimum absolute atomic E-state index is 0.101. The van der Waals surface area contributed by atoms with Crippen LogP contribution in [-0.2, 0) is 27.8 Å². The molecule has 1 amide bonds. The Bertz CT molecular complexity index is 1530. The summed E-state index contributed by atoms with van der Waals surface area (Å²) in [6.07, 6.45) is 0. The van der Waals surface area contributed by atoms with E-state index in [-0.39, 0.29) is 22.8 Å². The summed E-state index contributed by atoms with van der Waals surface area (Å²) >= 11 is 1.20. The van der Waals surface area contributed by atoms with Crippen LogP contribution in [0.3, 0.4) is 0 Å². The number of ether oxygens (including phenoxy) is 1. The number of fused-ring (bicyclic) bond motifs is 1. The van der Waals surface area contributed by atoms with Gasteiger partial charge < -0.3 is 9.30 Å². The maximum atomic E-state index is 13.7. The molecule has 7 nitrogen and oxygen atoms in total. The molecule has 0 spiro atoms. The van der Waals surface area contributed by atoms with Gasteiger partial charge in [-0.25, -0.2) is 12.8 Å². The average molecular weight is 528 g/mol. The first-order valence-corrected chi connectivity index (χ1v) is 13.6. The van der Waals surface area contributed by atoms with Crippen LogP contribution in [0.2, 0.25) is 0 Å². The monoisotopic (exact) mass is 527 g/mol. The third-order valence-corrected chi connectivity index (χ3v) is 8.63. The van der Waals surface area contributed by atoms with Gasteiger partial charge >= 0.3 is 0 Å². The lowest BCUT2D eigenvalue weighted by Gasteiger charge is -2.20. The number of carbonyl (C=O) groups excluding carboxylic acids is 1. The minimum atomic E-state index is -3.75. The number of sulfonamides is 1. The van der Waals surface area contributed by atoms with Gasteiger partial charge in [0.05, 0.1) is 21.7 Å². The Morgan fingerprint density at radius 1 is 1.08 bits per heavy atom. The standard InChI is InChI=1S/C26H26FN3O4S2/c1-3-29(18-19-7-5-4-6-8-19)36(32,33)22-12-9-20(10-13-22)25(31)28-26-30(15-16-34-2)23-14-11-21(27)17-24(23)35-26/h4-14,17H,3,15-16,18H2,1-2H3. The Kier molecular flexibility index (Phi) is 8.10. The third-order valence-electron chi connectivity index (χ3n) is 5.65. The molecule has 10 heteroatoms. The first-order valence-electron chi connectivity index (χ1n) is 11.3. The van der Waals surface area contributed by atoms with Crippen LogP contribution in [0.25, 0.3) is 10.2 Å². The number of thiazole rings is 1. The number of aromatic nitrogens is 1. The van der Waals surface area contributed by atoms with E-state index >= 15 is 0 Å². The summed E-state index contributed by atoms with van der Waals surface area (Å²) in [5.41, 5.74) is 1.89. The van der Waals surface area contributed by atoms with E-state index in [4.69, 9.17) is 4.74 Å². The van der Waals surface area contributed by atoms with E-state index < -0.39 is 15.9 Å². The van der Waals surface area contributed by atoms with Crippen LogP contribution >= 0.6 is 11.3 Å². The average Bonchev–Trinajstić information content (AvgIpc) is 3.22. The van der Waals surface area contributed by atoms with Crippen LogP contribution < -0.4 is 4.80 Å². The molecule has 0 fully saturated rings. The van der Waals surface area contributed by atoms with Gasteiger partial charge in [-0.15, -0.1) is 0 Å². The van der Waals surface area contributed by atoms with E-state index in [1.54, 1.807) is 20.1 Å². The molecule has 4 rings (SSSR count). The summed E-state index contributed by atoms with van der Waals surface area (Å²) in [5, 5.41) is 0. The van der Waals surface area contributed by atoms with Crippen LogP contribution in [0.5, 0.6) is 0 Å². The Labute approximate surface area is 213 Å². The van der Waals surface area contributed by atoms with Crippen molar-refractivity contribution in [2.45, 2.75) is 24.9 Å². The Balaban J connectivity index is 1.61. The lowest BCUT2D eigenvalue weighted by Crippen LogP contribution is -2.30. The molecule has 1 aromatic heterocycles. The number of carbonyl (C=O) groups is 1. The smallest absolute Gasteiger partial charge is 0.279 e. The van der Waals surface area contributed by atoms with Crippen molar-refractivity contribution >= 4 is 37.5 Å². The number of hydrogen-bond acceptors (Lipinski definition) is 5. The molecular formula is C26H26FN3O4S2. The van der Waals surface area contributed by atoms with E-state index in [2.05, 4.69) is 4.99 Å². The Hall–Kier alpha value is -3.18. The zero-order valence-corrected chi connectivity index (χ0v) is 21.6. The highest BCUT2D eigenvalue weighted by atomic mass is 32.2. The first-order chi connectivity index (χ1) is 17.3. The number of methoxy groups -OCH3 is 1. The van der Waals surface area contributed by atoms with Crippen molar-refractivity contribution in [3.05, 3.63) is 94.5 Å². The van der Waals surface area contributed by atoms with Crippen LogP contribution in [-0.4, -0.2) is 43.5 Å². The molecule has 0 unspecified atom stereocenters. The maximum absolute atomic E-state index is 13.7. The molecule has 36 heavy (non-hydrogen) atoms. The van der Waals surface area contributed by atoms with Crippen molar-refractivity contribution < 1.29 is 22.3 Å². The molecule has 0 saturated carbocycles. The Morgan fingerprint density at radius 3 is 2.47 bits per heavy atom. The van der Waals surface area contributed by atoms with Gasteiger partial charge in [0.2, 0.25) is 10.0 Å². The highest BCUT2D eigenvalue weighted by Gasteiger charge is 2.23. The maximum Gasteiger partial charge on any atom is 0.279 e.